The molecular weight excluding hydrogens is 424 g/mol. The Balaban J connectivity index is 1.62. The smallest absolute Gasteiger partial charge is 0.348 e. The van der Waals surface area contributed by atoms with Crippen molar-refractivity contribution >= 4 is 21.9 Å². The molecule has 4 rings (SSSR count). The minimum Gasteiger partial charge on any atom is -0.458 e. The first kappa shape index (κ1) is 18.5. The van der Waals surface area contributed by atoms with Gasteiger partial charge in [-0.15, -0.1) is 0 Å². The van der Waals surface area contributed by atoms with Crippen molar-refractivity contribution in [1.82, 2.24) is 0 Å². The van der Waals surface area contributed by atoms with Crippen LogP contribution in [0.5, 0.6) is 11.5 Å². The molecule has 0 saturated carbocycles. The summed E-state index contributed by atoms with van der Waals surface area (Å²) < 4.78 is 17.0. The van der Waals surface area contributed by atoms with E-state index in [1.807, 2.05) is 12.1 Å². The zero-order valence-electron chi connectivity index (χ0n) is 14.8. The van der Waals surface area contributed by atoms with Gasteiger partial charge in [0.1, 0.15) is 6.61 Å². The molecule has 1 aliphatic heterocycles. The highest BCUT2D eigenvalue weighted by Gasteiger charge is 2.41. The van der Waals surface area contributed by atoms with Crippen molar-refractivity contribution in [3.8, 4) is 11.5 Å². The number of fused-ring (bicyclic) bond motifs is 1. The van der Waals surface area contributed by atoms with Gasteiger partial charge in [-0.1, -0.05) is 76.6 Å². The summed E-state index contributed by atoms with van der Waals surface area (Å²) in [5.41, 5.74) is -0.321. The first-order valence-corrected chi connectivity index (χ1v) is 9.47. The summed E-state index contributed by atoms with van der Waals surface area (Å²) in [6.07, 6.45) is 0. The number of halogens is 1. The molecule has 0 unspecified atom stereocenters. The Morgan fingerprint density at radius 1 is 0.964 bits per heavy atom. The van der Waals surface area contributed by atoms with Crippen LogP contribution in [0.3, 0.4) is 0 Å². The molecule has 5 nitrogen and oxygen atoms in total. The van der Waals surface area contributed by atoms with Crippen LogP contribution >= 0.6 is 15.9 Å². The van der Waals surface area contributed by atoms with Crippen LogP contribution in [0.1, 0.15) is 16.7 Å². The van der Waals surface area contributed by atoms with Gasteiger partial charge < -0.3 is 19.3 Å². The van der Waals surface area contributed by atoms with Gasteiger partial charge in [0.15, 0.2) is 11.5 Å². The number of esters is 1. The van der Waals surface area contributed by atoms with Crippen molar-refractivity contribution in [2.75, 3.05) is 6.79 Å². The Hall–Kier alpha value is -2.83. The van der Waals surface area contributed by atoms with E-state index in [1.54, 1.807) is 60.7 Å². The van der Waals surface area contributed by atoms with E-state index in [2.05, 4.69) is 15.9 Å². The van der Waals surface area contributed by atoms with Gasteiger partial charge in [-0.2, -0.15) is 0 Å². The van der Waals surface area contributed by atoms with Gasteiger partial charge in [0, 0.05) is 10.0 Å². The fraction of sp³-hybridized carbons (Fsp3) is 0.136. The Kier molecular flexibility index (Phi) is 5.07. The summed E-state index contributed by atoms with van der Waals surface area (Å²) in [5.74, 6) is 0.470. The molecule has 0 bridgehead atoms. The van der Waals surface area contributed by atoms with Gasteiger partial charge in [0.2, 0.25) is 12.4 Å². The van der Waals surface area contributed by atoms with Crippen LogP contribution in [-0.2, 0) is 21.7 Å². The molecule has 0 aromatic heterocycles. The third-order valence-corrected chi connectivity index (χ3v) is 5.32. The number of aliphatic hydroxyl groups is 1. The summed E-state index contributed by atoms with van der Waals surface area (Å²) in [4.78, 5) is 13.0. The molecule has 0 spiro atoms. The zero-order valence-corrected chi connectivity index (χ0v) is 16.4. The van der Waals surface area contributed by atoms with Crippen LogP contribution in [-0.4, -0.2) is 17.9 Å². The molecule has 3 aromatic rings. The summed E-state index contributed by atoms with van der Waals surface area (Å²) in [6.45, 7) is 0.130. The maximum absolute atomic E-state index is 13.0. The predicted octanol–water partition coefficient (Wildman–Crippen LogP) is 4.16. The highest BCUT2D eigenvalue weighted by Crippen LogP contribution is 2.38. The average molecular weight is 441 g/mol. The molecule has 3 aromatic carbocycles. The highest BCUT2D eigenvalue weighted by atomic mass is 79.9. The quantitative estimate of drug-likeness (QED) is 0.603. The molecule has 0 amide bonds. The first-order valence-electron chi connectivity index (χ1n) is 8.67. The summed E-state index contributed by atoms with van der Waals surface area (Å²) in [7, 11) is 0. The molecule has 0 atom stereocenters. The molecule has 1 N–H and O–H groups in total. The van der Waals surface area contributed by atoms with Crippen LogP contribution in [0.15, 0.2) is 77.3 Å². The molecule has 0 aliphatic carbocycles. The fourth-order valence-electron chi connectivity index (χ4n) is 3.08. The van der Waals surface area contributed by atoms with Gasteiger partial charge >= 0.3 is 5.97 Å². The summed E-state index contributed by atoms with van der Waals surface area (Å²) in [6, 6.07) is 21.0. The lowest BCUT2D eigenvalue weighted by Gasteiger charge is -2.27. The summed E-state index contributed by atoms with van der Waals surface area (Å²) in [5, 5.41) is 11.4. The van der Waals surface area contributed by atoms with Crippen molar-refractivity contribution < 1.29 is 24.1 Å². The van der Waals surface area contributed by atoms with Gasteiger partial charge in [-0.3, -0.25) is 0 Å². The molecule has 0 fully saturated rings. The second kappa shape index (κ2) is 7.66. The number of rotatable bonds is 5. The standard InChI is InChI=1S/C22H17BrO5/c23-18-12-20-19(27-14-28-20)11-15(18)13-26-21(24)22(25,16-7-3-1-4-8-16)17-9-5-2-6-10-17/h1-12,25H,13-14H2. The molecular formula is C22H17BrO5. The van der Waals surface area contributed by atoms with Crippen LogP contribution < -0.4 is 9.47 Å². The van der Waals surface area contributed by atoms with Crippen LogP contribution in [0.4, 0.5) is 0 Å². The SMILES string of the molecule is O=C(OCc1cc2c(cc1Br)OCO2)C(O)(c1ccccc1)c1ccccc1. The third kappa shape index (κ3) is 3.37. The zero-order chi connectivity index (χ0) is 19.6. The largest absolute Gasteiger partial charge is 0.458 e. The molecule has 0 saturated heterocycles. The Bertz CT molecular complexity index is 949. The van der Waals surface area contributed by atoms with E-state index in [4.69, 9.17) is 14.2 Å². The summed E-state index contributed by atoms with van der Waals surface area (Å²) >= 11 is 3.45. The topological polar surface area (TPSA) is 65.0 Å². The Labute approximate surface area is 170 Å². The van der Waals surface area contributed by atoms with Gasteiger partial charge in [0.05, 0.1) is 0 Å². The van der Waals surface area contributed by atoms with E-state index in [-0.39, 0.29) is 13.4 Å². The van der Waals surface area contributed by atoms with E-state index in [9.17, 15) is 9.90 Å². The third-order valence-electron chi connectivity index (χ3n) is 4.58. The number of carbonyl (C=O) groups is 1. The Morgan fingerprint density at radius 2 is 1.50 bits per heavy atom. The minimum atomic E-state index is -1.91. The molecule has 0 radical (unpaired) electrons. The number of hydrogen-bond acceptors (Lipinski definition) is 5. The van der Waals surface area contributed by atoms with Crippen molar-refractivity contribution in [1.29, 1.82) is 0 Å². The van der Waals surface area contributed by atoms with E-state index in [0.717, 1.165) is 4.47 Å². The van der Waals surface area contributed by atoms with Crippen LogP contribution in [0.2, 0.25) is 0 Å². The maximum atomic E-state index is 13.0. The number of ether oxygens (including phenoxy) is 3. The van der Waals surface area contributed by atoms with E-state index in [1.165, 1.54) is 0 Å². The van der Waals surface area contributed by atoms with Crippen molar-refractivity contribution in [2.24, 2.45) is 0 Å². The van der Waals surface area contributed by atoms with E-state index in [0.29, 0.717) is 28.2 Å². The number of carbonyl (C=O) groups excluding carboxylic acids is 1. The average Bonchev–Trinajstić information content (AvgIpc) is 3.19. The van der Waals surface area contributed by atoms with E-state index < -0.39 is 11.6 Å². The van der Waals surface area contributed by atoms with E-state index >= 15 is 0 Å². The normalized spacial score (nSPS) is 12.6. The first-order chi connectivity index (χ1) is 13.6. The fourth-order valence-corrected chi connectivity index (χ4v) is 3.52. The lowest BCUT2D eigenvalue weighted by Crippen LogP contribution is -2.38. The lowest BCUT2D eigenvalue weighted by atomic mass is 9.86. The molecule has 1 aliphatic rings. The van der Waals surface area contributed by atoms with Gasteiger partial charge in [0.25, 0.3) is 0 Å². The molecule has 6 heteroatoms. The van der Waals surface area contributed by atoms with Gasteiger partial charge in [-0.25, -0.2) is 4.79 Å². The predicted molar refractivity (Wildman–Crippen MR) is 106 cm³/mol. The number of hydrogen-bond donors (Lipinski definition) is 1. The van der Waals surface area contributed by atoms with Crippen molar-refractivity contribution in [3.63, 3.8) is 0 Å². The number of benzene rings is 3. The van der Waals surface area contributed by atoms with Gasteiger partial charge in [-0.05, 0) is 23.3 Å². The lowest BCUT2D eigenvalue weighted by molar-refractivity contribution is -0.163. The Morgan fingerprint density at radius 3 is 2.07 bits per heavy atom. The van der Waals surface area contributed by atoms with Crippen molar-refractivity contribution in [2.45, 2.75) is 12.2 Å². The van der Waals surface area contributed by atoms with Crippen molar-refractivity contribution in [3.05, 3.63) is 94.0 Å². The highest BCUT2D eigenvalue weighted by molar-refractivity contribution is 9.10. The monoisotopic (exact) mass is 440 g/mol. The second-order valence-corrected chi connectivity index (χ2v) is 7.17. The molecule has 28 heavy (non-hydrogen) atoms. The maximum Gasteiger partial charge on any atom is 0.348 e. The molecule has 142 valence electrons. The van der Waals surface area contributed by atoms with Crippen LogP contribution in [0.25, 0.3) is 0 Å². The second-order valence-electron chi connectivity index (χ2n) is 6.32. The minimum absolute atomic E-state index is 0.0297. The molecule has 1 heterocycles. The van der Waals surface area contributed by atoms with Crippen LogP contribution in [0, 0.1) is 0 Å².